The van der Waals surface area contributed by atoms with E-state index in [0.717, 1.165) is 0 Å². The van der Waals surface area contributed by atoms with Crippen LogP contribution in [-0.2, 0) is 43.2 Å². The first-order valence-electron chi connectivity index (χ1n) is 13.4. The highest BCUT2D eigenvalue weighted by atomic mass is 32.2. The van der Waals surface area contributed by atoms with Gasteiger partial charge in [-0.3, -0.25) is 4.79 Å². The van der Waals surface area contributed by atoms with Crippen molar-refractivity contribution in [1.29, 1.82) is 0 Å². The van der Waals surface area contributed by atoms with Gasteiger partial charge in [-0.25, -0.2) is 13.1 Å². The molecule has 14 nitrogen and oxygen atoms in total. The summed E-state index contributed by atoms with van der Waals surface area (Å²) in [5, 5.41) is 24.1. The predicted octanol–water partition coefficient (Wildman–Crippen LogP) is -0.806. The molecule has 15 heteroatoms. The lowest BCUT2D eigenvalue weighted by Crippen LogP contribution is -2.65. The minimum absolute atomic E-state index is 0.190. The van der Waals surface area contributed by atoms with E-state index in [9.17, 15) is 23.4 Å². The van der Waals surface area contributed by atoms with Gasteiger partial charge in [-0.2, -0.15) is 0 Å². The molecule has 4 N–H and O–H groups in total. The van der Waals surface area contributed by atoms with E-state index in [0.29, 0.717) is 5.56 Å². The van der Waals surface area contributed by atoms with Crippen LogP contribution < -0.4 is 10.0 Å². The van der Waals surface area contributed by atoms with Crippen molar-refractivity contribution in [3.05, 3.63) is 35.9 Å². The number of ether oxygens (including phenoxy) is 7. The van der Waals surface area contributed by atoms with Crippen LogP contribution >= 0.6 is 0 Å². The molecule has 0 spiro atoms. The zero-order valence-electron chi connectivity index (χ0n) is 23.5. The van der Waals surface area contributed by atoms with E-state index in [-0.39, 0.29) is 6.54 Å². The number of sulfonamides is 1. The van der Waals surface area contributed by atoms with Crippen LogP contribution in [0.4, 0.5) is 0 Å². The van der Waals surface area contributed by atoms with E-state index >= 15 is 0 Å². The summed E-state index contributed by atoms with van der Waals surface area (Å²) in [6.07, 6.45) is -9.12. The highest BCUT2D eigenvalue weighted by molar-refractivity contribution is 7.89. The molecule has 41 heavy (non-hydrogen) atoms. The van der Waals surface area contributed by atoms with E-state index in [1.165, 1.54) is 7.11 Å². The Labute approximate surface area is 238 Å². The Balaban J connectivity index is 1.22. The molecule has 4 fully saturated rings. The lowest BCUT2D eigenvalue weighted by Gasteiger charge is -2.42. The van der Waals surface area contributed by atoms with Crippen molar-refractivity contribution in [1.82, 2.24) is 10.0 Å². The van der Waals surface area contributed by atoms with Gasteiger partial charge in [-0.15, -0.1) is 0 Å². The first-order valence-corrected chi connectivity index (χ1v) is 15.1. The van der Waals surface area contributed by atoms with Crippen LogP contribution in [-0.4, -0.2) is 117 Å². The van der Waals surface area contributed by atoms with E-state index in [4.69, 9.17) is 33.2 Å². The van der Waals surface area contributed by atoms with E-state index < -0.39 is 94.6 Å². The molecule has 1 aromatic carbocycles. The smallest absolute Gasteiger partial charge is 0.251 e. The van der Waals surface area contributed by atoms with Crippen molar-refractivity contribution in [2.75, 3.05) is 19.4 Å². The Morgan fingerprint density at radius 3 is 2.22 bits per heavy atom. The monoisotopic (exact) mass is 602 g/mol. The van der Waals surface area contributed by atoms with Crippen molar-refractivity contribution in [2.45, 2.75) is 101 Å². The molecule has 0 bridgehead atoms. The molecule has 1 aromatic rings. The number of hydrogen-bond donors (Lipinski definition) is 4. The third-order valence-corrected chi connectivity index (χ3v) is 8.78. The van der Waals surface area contributed by atoms with E-state index in [1.807, 2.05) is 0 Å². The second-order valence-corrected chi connectivity index (χ2v) is 13.3. The maximum atomic E-state index is 13.1. The summed E-state index contributed by atoms with van der Waals surface area (Å²) < 4.78 is 69.6. The van der Waals surface area contributed by atoms with Crippen LogP contribution in [0.3, 0.4) is 0 Å². The van der Waals surface area contributed by atoms with Crippen molar-refractivity contribution in [3.63, 3.8) is 0 Å². The summed E-state index contributed by atoms with van der Waals surface area (Å²) in [6, 6.07) is 7.12. The molecule has 0 radical (unpaired) electrons. The molecule has 230 valence electrons. The molecular weight excluding hydrogens is 564 g/mol. The van der Waals surface area contributed by atoms with Crippen LogP contribution in [0.25, 0.3) is 0 Å². The normalized spacial score (nSPS) is 39.6. The summed E-state index contributed by atoms with van der Waals surface area (Å²) in [4.78, 5) is 12.6. The number of aliphatic hydroxyl groups is 2. The van der Waals surface area contributed by atoms with E-state index in [1.54, 1.807) is 58.0 Å². The molecule has 10 atom stereocenters. The first-order chi connectivity index (χ1) is 19.2. The quantitative estimate of drug-likeness (QED) is 0.291. The number of benzene rings is 1. The fraction of sp³-hybridized carbons (Fsp3) is 0.731. The molecule has 4 heterocycles. The molecule has 1 amide bonds. The van der Waals surface area contributed by atoms with Gasteiger partial charge in [0.05, 0.1) is 5.75 Å². The fourth-order valence-electron chi connectivity index (χ4n) is 5.59. The minimum atomic E-state index is -4.09. The van der Waals surface area contributed by atoms with Gasteiger partial charge in [-0.1, -0.05) is 18.2 Å². The Bertz CT molecular complexity index is 1200. The largest absolute Gasteiger partial charge is 0.388 e. The molecule has 0 aromatic heterocycles. The molecule has 4 aliphatic heterocycles. The lowest BCUT2D eigenvalue weighted by atomic mass is 9.97. The number of rotatable bonds is 8. The Kier molecular flexibility index (Phi) is 8.52. The zero-order chi connectivity index (χ0) is 29.7. The second kappa shape index (κ2) is 11.4. The zero-order valence-corrected chi connectivity index (χ0v) is 24.3. The molecular formula is C26H38N2O12S. The van der Waals surface area contributed by atoms with Crippen molar-refractivity contribution >= 4 is 15.9 Å². The van der Waals surface area contributed by atoms with Gasteiger partial charge in [0.15, 0.2) is 24.2 Å². The molecule has 0 saturated carbocycles. The average Bonchev–Trinajstić information content (AvgIpc) is 3.41. The van der Waals surface area contributed by atoms with Crippen molar-refractivity contribution in [3.8, 4) is 0 Å². The van der Waals surface area contributed by atoms with Gasteiger partial charge < -0.3 is 48.7 Å². The highest BCUT2D eigenvalue weighted by Crippen LogP contribution is 2.44. The lowest BCUT2D eigenvalue weighted by molar-refractivity contribution is -0.249. The molecule has 0 aliphatic carbocycles. The van der Waals surface area contributed by atoms with E-state index in [2.05, 4.69) is 10.0 Å². The number of nitrogens with one attached hydrogen (secondary N) is 2. The fourth-order valence-corrected chi connectivity index (χ4v) is 6.83. The predicted molar refractivity (Wildman–Crippen MR) is 140 cm³/mol. The second-order valence-electron chi connectivity index (χ2n) is 11.5. The Morgan fingerprint density at radius 1 is 0.902 bits per heavy atom. The van der Waals surface area contributed by atoms with Crippen LogP contribution in [0.5, 0.6) is 0 Å². The van der Waals surface area contributed by atoms with Crippen molar-refractivity contribution in [2.24, 2.45) is 0 Å². The highest BCUT2D eigenvalue weighted by Gasteiger charge is 2.60. The maximum Gasteiger partial charge on any atom is 0.251 e. The SMILES string of the molecule is CO[C@H]1O[C@H](CS(=O)(=O)NC[C@H]2O[C@@H]3OC(C)(C)O[C@@H]3[C@H]3OC(C)(C)O[C@H]32)[C@@H](O)[C@H](O)[C@H]1NC(=O)c1ccccc1. The Morgan fingerprint density at radius 2 is 1.54 bits per heavy atom. The molecule has 0 unspecified atom stereocenters. The summed E-state index contributed by atoms with van der Waals surface area (Å²) in [7, 11) is -2.81. The third kappa shape index (κ3) is 6.60. The van der Waals surface area contributed by atoms with Crippen LogP contribution in [0.2, 0.25) is 0 Å². The summed E-state index contributed by atoms with van der Waals surface area (Å²) in [5.41, 5.74) is 0.328. The van der Waals surface area contributed by atoms with Gasteiger partial charge in [0.1, 0.15) is 48.8 Å². The number of fused-ring (bicyclic) bond motifs is 3. The summed E-state index contributed by atoms with van der Waals surface area (Å²) in [6.45, 7) is 6.80. The van der Waals surface area contributed by atoms with Crippen LogP contribution in [0, 0.1) is 0 Å². The van der Waals surface area contributed by atoms with Gasteiger partial charge in [0.2, 0.25) is 10.0 Å². The number of methoxy groups -OCH3 is 1. The molecule has 4 aliphatic rings. The molecule has 5 rings (SSSR count). The number of aliphatic hydroxyl groups excluding tert-OH is 2. The van der Waals surface area contributed by atoms with Crippen LogP contribution in [0.1, 0.15) is 38.1 Å². The average molecular weight is 603 g/mol. The van der Waals surface area contributed by atoms with Gasteiger partial charge in [-0.05, 0) is 39.8 Å². The number of hydrogen-bond acceptors (Lipinski definition) is 12. The topological polar surface area (TPSA) is 180 Å². The van der Waals surface area contributed by atoms with Crippen molar-refractivity contribution < 1.29 is 56.6 Å². The third-order valence-electron chi connectivity index (χ3n) is 7.41. The number of carbonyl (C=O) groups is 1. The van der Waals surface area contributed by atoms with Gasteiger partial charge >= 0.3 is 0 Å². The van der Waals surface area contributed by atoms with Gasteiger partial charge in [0, 0.05) is 19.2 Å². The summed E-state index contributed by atoms with van der Waals surface area (Å²) in [5.74, 6) is -3.09. The first kappa shape index (κ1) is 30.7. The summed E-state index contributed by atoms with van der Waals surface area (Å²) >= 11 is 0. The number of amides is 1. The maximum absolute atomic E-state index is 13.1. The van der Waals surface area contributed by atoms with Gasteiger partial charge in [0.25, 0.3) is 5.91 Å². The molecule has 4 saturated heterocycles. The van der Waals surface area contributed by atoms with Crippen LogP contribution in [0.15, 0.2) is 30.3 Å². The Hall–Kier alpha value is -1.76. The number of carbonyl (C=O) groups excluding carboxylic acids is 1. The standard InChI is InChI=1S/C26H38N2O12S/c1-25(2)37-19-14(35-24-21(20(19)38-25)39-26(3,4)40-24)11-27-41(32,33)12-15-17(29)18(30)16(23(34-5)36-15)28-22(31)13-9-7-6-8-10-13/h6-10,14-21,23-24,27,29-30H,11-12H2,1-5H3,(H,28,31)/t14-,15-,16-,17-,18-,19+,20+,21-,23+,24-/m1/s1. The minimum Gasteiger partial charge on any atom is -0.388 e.